The summed E-state index contributed by atoms with van der Waals surface area (Å²) in [7, 11) is 0. The van der Waals surface area contributed by atoms with Crippen LogP contribution in [0.15, 0.2) is 18.2 Å². The fraction of sp³-hybridized carbons (Fsp3) is 0.400. The van der Waals surface area contributed by atoms with Crippen LogP contribution in [-0.4, -0.2) is 0 Å². The molecule has 1 atom stereocenters. The Morgan fingerprint density at radius 3 is 2.77 bits per heavy atom. The highest BCUT2D eigenvalue weighted by molar-refractivity contribution is 6.30. The average Bonchev–Trinajstić information content (AvgIpc) is 2.04. The summed E-state index contributed by atoms with van der Waals surface area (Å²) >= 11 is 5.62. The van der Waals surface area contributed by atoms with E-state index in [1.165, 1.54) is 6.07 Å². The minimum atomic E-state index is -0.312. The van der Waals surface area contributed by atoms with E-state index in [2.05, 4.69) is 0 Å². The third-order valence-electron chi connectivity index (χ3n) is 1.96. The quantitative estimate of drug-likeness (QED) is 0.798. The van der Waals surface area contributed by atoms with Gasteiger partial charge in [-0.15, -0.1) is 0 Å². The van der Waals surface area contributed by atoms with Crippen LogP contribution in [0.1, 0.15) is 31.4 Å². The number of benzene rings is 1. The fourth-order valence-corrected chi connectivity index (χ4v) is 1.43. The minimum absolute atomic E-state index is 0.220. The number of hydrogen-bond acceptors (Lipinski definition) is 1. The van der Waals surface area contributed by atoms with Crippen LogP contribution >= 0.6 is 11.6 Å². The van der Waals surface area contributed by atoms with Gasteiger partial charge in [0, 0.05) is 16.6 Å². The zero-order valence-corrected chi connectivity index (χ0v) is 8.31. The molecule has 1 aromatic rings. The molecule has 3 heteroatoms. The van der Waals surface area contributed by atoms with Gasteiger partial charge in [-0.1, -0.05) is 31.0 Å². The van der Waals surface area contributed by atoms with Crippen molar-refractivity contribution >= 4 is 11.6 Å². The highest BCUT2D eigenvalue weighted by atomic mass is 35.5. The Morgan fingerprint density at radius 1 is 1.54 bits per heavy atom. The second kappa shape index (κ2) is 4.58. The zero-order valence-electron chi connectivity index (χ0n) is 7.56. The predicted octanol–water partition coefficient (Wildman–Crippen LogP) is 3.28. The van der Waals surface area contributed by atoms with Gasteiger partial charge in [-0.2, -0.15) is 0 Å². The van der Waals surface area contributed by atoms with E-state index < -0.39 is 0 Å². The SMILES string of the molecule is CCC[C@@H](N)c1ccc(Cl)cc1F. The summed E-state index contributed by atoms with van der Waals surface area (Å²) in [5.74, 6) is -0.312. The molecule has 1 aromatic carbocycles. The minimum Gasteiger partial charge on any atom is -0.324 e. The molecular formula is C10H13ClFN. The number of hydrogen-bond donors (Lipinski definition) is 1. The summed E-state index contributed by atoms with van der Waals surface area (Å²) in [5, 5.41) is 0.407. The van der Waals surface area contributed by atoms with Crippen molar-refractivity contribution in [1.29, 1.82) is 0 Å². The Hall–Kier alpha value is -0.600. The molecule has 72 valence electrons. The molecule has 0 amide bonds. The Labute approximate surface area is 82.7 Å². The molecular weight excluding hydrogens is 189 g/mol. The smallest absolute Gasteiger partial charge is 0.129 e. The molecule has 1 rings (SSSR count). The Morgan fingerprint density at radius 2 is 2.23 bits per heavy atom. The maximum atomic E-state index is 13.3. The van der Waals surface area contributed by atoms with Gasteiger partial charge in [0.05, 0.1) is 0 Å². The van der Waals surface area contributed by atoms with Gasteiger partial charge < -0.3 is 5.73 Å². The molecule has 0 heterocycles. The molecule has 0 fully saturated rings. The van der Waals surface area contributed by atoms with Crippen LogP contribution in [0, 0.1) is 5.82 Å². The van der Waals surface area contributed by atoms with Crippen LogP contribution in [0.2, 0.25) is 5.02 Å². The van der Waals surface area contributed by atoms with Crippen molar-refractivity contribution in [2.45, 2.75) is 25.8 Å². The fourth-order valence-electron chi connectivity index (χ4n) is 1.27. The van der Waals surface area contributed by atoms with Crippen molar-refractivity contribution in [3.63, 3.8) is 0 Å². The monoisotopic (exact) mass is 201 g/mol. The molecule has 0 unspecified atom stereocenters. The molecule has 0 aliphatic heterocycles. The molecule has 0 spiro atoms. The summed E-state index contributed by atoms with van der Waals surface area (Å²) in [5.41, 5.74) is 6.32. The van der Waals surface area contributed by atoms with E-state index in [0.29, 0.717) is 10.6 Å². The summed E-state index contributed by atoms with van der Waals surface area (Å²) in [4.78, 5) is 0. The predicted molar refractivity (Wildman–Crippen MR) is 53.2 cm³/mol. The maximum Gasteiger partial charge on any atom is 0.129 e. The van der Waals surface area contributed by atoms with E-state index in [-0.39, 0.29) is 11.9 Å². The van der Waals surface area contributed by atoms with E-state index in [0.717, 1.165) is 12.8 Å². The van der Waals surface area contributed by atoms with Crippen molar-refractivity contribution in [1.82, 2.24) is 0 Å². The van der Waals surface area contributed by atoms with Crippen molar-refractivity contribution in [2.24, 2.45) is 5.73 Å². The van der Waals surface area contributed by atoms with Gasteiger partial charge >= 0.3 is 0 Å². The first-order valence-electron chi connectivity index (χ1n) is 4.35. The van der Waals surface area contributed by atoms with Gasteiger partial charge in [0.25, 0.3) is 0 Å². The molecule has 0 aliphatic rings. The van der Waals surface area contributed by atoms with Gasteiger partial charge in [-0.3, -0.25) is 0 Å². The van der Waals surface area contributed by atoms with Crippen molar-refractivity contribution in [2.75, 3.05) is 0 Å². The third kappa shape index (κ3) is 2.68. The lowest BCUT2D eigenvalue weighted by Crippen LogP contribution is -2.11. The van der Waals surface area contributed by atoms with E-state index in [1.54, 1.807) is 12.1 Å². The zero-order chi connectivity index (χ0) is 9.84. The lowest BCUT2D eigenvalue weighted by Gasteiger charge is -2.11. The summed E-state index contributed by atoms with van der Waals surface area (Å²) in [6.45, 7) is 2.02. The molecule has 0 aromatic heterocycles. The van der Waals surface area contributed by atoms with Crippen LogP contribution in [0.5, 0.6) is 0 Å². The molecule has 1 nitrogen and oxygen atoms in total. The first-order chi connectivity index (χ1) is 6.15. The average molecular weight is 202 g/mol. The van der Waals surface area contributed by atoms with Crippen molar-refractivity contribution in [3.05, 3.63) is 34.6 Å². The first-order valence-corrected chi connectivity index (χ1v) is 4.73. The topological polar surface area (TPSA) is 26.0 Å². The lowest BCUT2D eigenvalue weighted by molar-refractivity contribution is 0.560. The van der Waals surface area contributed by atoms with Crippen molar-refractivity contribution < 1.29 is 4.39 Å². The second-order valence-electron chi connectivity index (χ2n) is 3.06. The van der Waals surface area contributed by atoms with Gasteiger partial charge in [0.15, 0.2) is 0 Å². The van der Waals surface area contributed by atoms with Crippen LogP contribution in [0.3, 0.4) is 0 Å². The highest BCUT2D eigenvalue weighted by Crippen LogP contribution is 2.21. The number of nitrogens with two attached hydrogens (primary N) is 1. The number of halogens is 2. The second-order valence-corrected chi connectivity index (χ2v) is 3.50. The molecule has 0 saturated carbocycles. The Balaban J connectivity index is 2.88. The summed E-state index contributed by atoms with van der Waals surface area (Å²) < 4.78 is 13.3. The molecule has 2 N–H and O–H groups in total. The molecule has 0 bridgehead atoms. The van der Waals surface area contributed by atoms with E-state index in [9.17, 15) is 4.39 Å². The van der Waals surface area contributed by atoms with Gasteiger partial charge in [0.2, 0.25) is 0 Å². The van der Waals surface area contributed by atoms with Crippen LogP contribution in [-0.2, 0) is 0 Å². The van der Waals surface area contributed by atoms with Crippen LogP contribution in [0.4, 0.5) is 4.39 Å². The van der Waals surface area contributed by atoms with Gasteiger partial charge in [-0.05, 0) is 18.6 Å². The van der Waals surface area contributed by atoms with Crippen LogP contribution < -0.4 is 5.73 Å². The van der Waals surface area contributed by atoms with Crippen molar-refractivity contribution in [3.8, 4) is 0 Å². The summed E-state index contributed by atoms with van der Waals surface area (Å²) in [6, 6.07) is 4.39. The normalized spacial score (nSPS) is 12.9. The summed E-state index contributed by atoms with van der Waals surface area (Å²) in [6.07, 6.45) is 1.74. The Kier molecular flexibility index (Phi) is 3.70. The highest BCUT2D eigenvalue weighted by Gasteiger charge is 2.10. The van der Waals surface area contributed by atoms with E-state index in [1.807, 2.05) is 6.92 Å². The molecule has 0 saturated heterocycles. The van der Waals surface area contributed by atoms with Gasteiger partial charge in [-0.25, -0.2) is 4.39 Å². The van der Waals surface area contributed by atoms with Crippen LogP contribution in [0.25, 0.3) is 0 Å². The van der Waals surface area contributed by atoms with E-state index in [4.69, 9.17) is 17.3 Å². The van der Waals surface area contributed by atoms with Gasteiger partial charge in [0.1, 0.15) is 5.82 Å². The molecule has 0 radical (unpaired) electrons. The number of rotatable bonds is 3. The standard InChI is InChI=1S/C10H13ClFN/c1-2-3-10(13)8-5-4-7(11)6-9(8)12/h4-6,10H,2-3,13H2,1H3/t10-/m1/s1. The Bertz CT molecular complexity index is 288. The van der Waals surface area contributed by atoms with E-state index >= 15 is 0 Å². The molecule has 13 heavy (non-hydrogen) atoms. The maximum absolute atomic E-state index is 13.3. The third-order valence-corrected chi connectivity index (χ3v) is 2.20. The largest absolute Gasteiger partial charge is 0.324 e. The molecule has 0 aliphatic carbocycles. The lowest BCUT2D eigenvalue weighted by atomic mass is 10.0. The first kappa shape index (κ1) is 10.5.